The first-order valence-electron chi connectivity index (χ1n) is 9.13. The van der Waals surface area contributed by atoms with Crippen molar-refractivity contribution in [2.24, 2.45) is 11.3 Å². The molecule has 2 unspecified atom stereocenters. The Hall–Kier alpha value is -2.07. The average molecular weight is 412 g/mol. The summed E-state index contributed by atoms with van der Waals surface area (Å²) in [7, 11) is 0. The van der Waals surface area contributed by atoms with E-state index in [4.69, 9.17) is 9.47 Å². The lowest BCUT2D eigenvalue weighted by Crippen LogP contribution is -2.74. The molecule has 154 valence electrons. The quantitative estimate of drug-likeness (QED) is 0.273. The van der Waals surface area contributed by atoms with Crippen LogP contribution >= 0.6 is 11.8 Å². The molecule has 2 fully saturated rings. The third-order valence-electron chi connectivity index (χ3n) is 5.39. The molecule has 0 aromatic rings. The Bertz CT molecular complexity index is 752. The van der Waals surface area contributed by atoms with Crippen LogP contribution in [-0.4, -0.2) is 64.0 Å². The first-order valence-corrected chi connectivity index (χ1v) is 10.0. The van der Waals surface area contributed by atoms with E-state index in [1.165, 1.54) is 37.4 Å². The Morgan fingerprint density at radius 1 is 1.36 bits per heavy atom. The number of nitrogens with zero attached hydrogens (tertiary/aromatic N) is 1. The van der Waals surface area contributed by atoms with Crippen LogP contribution in [0.25, 0.3) is 0 Å². The van der Waals surface area contributed by atoms with E-state index in [-0.39, 0.29) is 17.1 Å². The fourth-order valence-corrected chi connectivity index (χ4v) is 5.41. The first-order chi connectivity index (χ1) is 13.1. The van der Waals surface area contributed by atoms with Crippen LogP contribution in [0.15, 0.2) is 11.1 Å². The summed E-state index contributed by atoms with van der Waals surface area (Å²) in [4.78, 5) is 50.5. The van der Waals surface area contributed by atoms with Gasteiger partial charge in [0.15, 0.2) is 5.41 Å². The van der Waals surface area contributed by atoms with E-state index in [1.54, 1.807) is 6.20 Å². The Morgan fingerprint density at radius 3 is 2.57 bits per heavy atom. The molecule has 9 nitrogen and oxygen atoms in total. The van der Waals surface area contributed by atoms with Gasteiger partial charge in [-0.05, 0) is 6.92 Å². The van der Waals surface area contributed by atoms with Crippen LogP contribution < -0.4 is 5.32 Å². The van der Waals surface area contributed by atoms with E-state index in [2.05, 4.69) is 5.32 Å². The van der Waals surface area contributed by atoms with Gasteiger partial charge in [0.1, 0.15) is 0 Å². The minimum absolute atomic E-state index is 0.00975. The fourth-order valence-electron chi connectivity index (χ4n) is 4.11. The molecular weight excluding hydrogens is 388 g/mol. The standard InChI is InChI=1S/C18H24N2O7S/c1-8-13(28-12-5-14(23)19-6-12)7-20-15(8)18(9(2)21,16(20)24)17(25)27-11(4)26-10(3)22/h7-9,11-12,15,21H,5-6H2,1-4H3,(H,19,23)/t8-,9+,11?,12?,15-,18+/m0/s1. The maximum Gasteiger partial charge on any atom is 0.329 e. The van der Waals surface area contributed by atoms with Crippen molar-refractivity contribution >= 4 is 35.5 Å². The van der Waals surface area contributed by atoms with Crippen molar-refractivity contribution in [2.45, 2.75) is 57.8 Å². The van der Waals surface area contributed by atoms with Gasteiger partial charge in [-0.2, -0.15) is 0 Å². The number of thioether (sulfide) groups is 1. The minimum atomic E-state index is -1.75. The number of fused-ring (bicyclic) bond motifs is 1. The number of carbonyl (C=O) groups is 4. The predicted octanol–water partition coefficient (Wildman–Crippen LogP) is 0.130. The highest BCUT2D eigenvalue weighted by molar-refractivity contribution is 8.03. The molecule has 0 bridgehead atoms. The largest absolute Gasteiger partial charge is 0.426 e. The second kappa shape index (κ2) is 7.40. The summed E-state index contributed by atoms with van der Waals surface area (Å²) in [6, 6.07) is -0.593. The second-order valence-electron chi connectivity index (χ2n) is 7.35. The number of esters is 2. The Labute approximate surface area is 166 Å². The maximum absolute atomic E-state index is 12.9. The maximum atomic E-state index is 12.9. The van der Waals surface area contributed by atoms with Gasteiger partial charge in [-0.15, -0.1) is 11.8 Å². The van der Waals surface area contributed by atoms with Gasteiger partial charge >= 0.3 is 11.9 Å². The van der Waals surface area contributed by atoms with Gasteiger partial charge in [0.2, 0.25) is 18.1 Å². The third kappa shape index (κ3) is 3.18. The summed E-state index contributed by atoms with van der Waals surface area (Å²) in [5.74, 6) is -2.31. The summed E-state index contributed by atoms with van der Waals surface area (Å²) >= 11 is 1.50. The van der Waals surface area contributed by atoms with Crippen LogP contribution in [0.4, 0.5) is 0 Å². The number of carbonyl (C=O) groups excluding carboxylic acids is 4. The van der Waals surface area contributed by atoms with E-state index >= 15 is 0 Å². The Kier molecular flexibility index (Phi) is 5.46. The van der Waals surface area contributed by atoms with Crippen molar-refractivity contribution in [3.63, 3.8) is 0 Å². The highest BCUT2D eigenvalue weighted by Crippen LogP contribution is 2.55. The van der Waals surface area contributed by atoms with Crippen LogP contribution in [0.5, 0.6) is 0 Å². The van der Waals surface area contributed by atoms with E-state index < -0.39 is 41.7 Å². The number of aliphatic hydroxyl groups is 1. The molecule has 2 saturated heterocycles. The summed E-state index contributed by atoms with van der Waals surface area (Å²) in [6.07, 6.45) is -0.365. The smallest absolute Gasteiger partial charge is 0.329 e. The zero-order chi connectivity index (χ0) is 20.8. The highest BCUT2D eigenvalue weighted by Gasteiger charge is 2.72. The van der Waals surface area contributed by atoms with E-state index in [1.807, 2.05) is 6.92 Å². The molecule has 0 spiro atoms. The van der Waals surface area contributed by atoms with Crippen molar-refractivity contribution in [3.05, 3.63) is 11.1 Å². The van der Waals surface area contributed by atoms with Gasteiger partial charge in [0, 0.05) is 49.1 Å². The van der Waals surface area contributed by atoms with E-state index in [0.717, 1.165) is 4.91 Å². The van der Waals surface area contributed by atoms with Crippen LogP contribution in [0.3, 0.4) is 0 Å². The number of β-lactam (4-membered cyclic amide) rings is 1. The zero-order valence-corrected chi connectivity index (χ0v) is 16.9. The molecule has 3 heterocycles. The molecule has 0 aromatic heterocycles. The van der Waals surface area contributed by atoms with Gasteiger partial charge in [0.05, 0.1) is 12.1 Å². The topological polar surface area (TPSA) is 122 Å². The molecule has 2 N–H and O–H groups in total. The monoisotopic (exact) mass is 412 g/mol. The number of hydrogen-bond donors (Lipinski definition) is 2. The summed E-state index contributed by atoms with van der Waals surface area (Å²) < 4.78 is 9.98. The molecule has 3 aliphatic heterocycles. The van der Waals surface area contributed by atoms with Gasteiger partial charge in [0.25, 0.3) is 0 Å². The molecule has 10 heteroatoms. The Balaban J connectivity index is 1.78. The second-order valence-corrected chi connectivity index (χ2v) is 8.73. The number of rotatable bonds is 6. The number of aliphatic hydroxyl groups excluding tert-OH is 1. The van der Waals surface area contributed by atoms with Crippen molar-refractivity contribution in [1.29, 1.82) is 0 Å². The first kappa shape index (κ1) is 20.7. The molecule has 3 aliphatic rings. The van der Waals surface area contributed by atoms with E-state index in [0.29, 0.717) is 13.0 Å². The fraction of sp³-hybridized carbons (Fsp3) is 0.667. The Morgan fingerprint density at radius 2 is 2.04 bits per heavy atom. The molecule has 0 saturated carbocycles. The van der Waals surface area contributed by atoms with Gasteiger partial charge < -0.3 is 24.8 Å². The van der Waals surface area contributed by atoms with Crippen LogP contribution in [0.1, 0.15) is 34.1 Å². The molecule has 28 heavy (non-hydrogen) atoms. The molecule has 6 atom stereocenters. The lowest BCUT2D eigenvalue weighted by atomic mass is 9.64. The SMILES string of the molecule is CC(=O)OC(C)OC(=O)[C@@]1([C@@H](C)O)C(=O)N2C=C(SC3CNC(=O)C3)[C@H](C)[C@H]21. The average Bonchev–Trinajstić information content (AvgIpc) is 3.10. The van der Waals surface area contributed by atoms with Crippen LogP contribution in [0.2, 0.25) is 0 Å². The molecular formula is C18H24N2O7S. The van der Waals surface area contributed by atoms with Crippen molar-refractivity contribution < 1.29 is 33.8 Å². The summed E-state index contributed by atoms with van der Waals surface area (Å²) in [6.45, 7) is 6.36. The van der Waals surface area contributed by atoms with Crippen molar-refractivity contribution in [3.8, 4) is 0 Å². The van der Waals surface area contributed by atoms with Gasteiger partial charge in [-0.3, -0.25) is 19.2 Å². The van der Waals surface area contributed by atoms with E-state index in [9.17, 15) is 24.3 Å². The predicted molar refractivity (Wildman–Crippen MR) is 98.3 cm³/mol. The number of amides is 2. The lowest BCUT2D eigenvalue weighted by Gasteiger charge is -2.53. The van der Waals surface area contributed by atoms with Crippen LogP contribution in [0, 0.1) is 11.3 Å². The minimum Gasteiger partial charge on any atom is -0.426 e. The molecule has 0 aliphatic carbocycles. The number of nitrogens with one attached hydrogen (secondary N) is 1. The molecule has 0 aromatic carbocycles. The third-order valence-corrected chi connectivity index (χ3v) is 6.80. The molecule has 0 radical (unpaired) electrons. The van der Waals surface area contributed by atoms with Gasteiger partial charge in [-0.25, -0.2) is 0 Å². The van der Waals surface area contributed by atoms with Crippen LogP contribution in [-0.2, 0) is 28.7 Å². The normalized spacial score (nSPS) is 33.4. The zero-order valence-electron chi connectivity index (χ0n) is 16.1. The lowest BCUT2D eigenvalue weighted by molar-refractivity contribution is -0.214. The summed E-state index contributed by atoms with van der Waals surface area (Å²) in [5.41, 5.74) is -1.75. The molecule has 3 rings (SSSR count). The van der Waals surface area contributed by atoms with Gasteiger partial charge in [-0.1, -0.05) is 6.92 Å². The molecule has 2 amide bonds. The van der Waals surface area contributed by atoms with Crippen molar-refractivity contribution in [2.75, 3.05) is 6.54 Å². The number of ether oxygens (including phenoxy) is 2. The highest BCUT2D eigenvalue weighted by atomic mass is 32.2. The summed E-state index contributed by atoms with van der Waals surface area (Å²) in [5, 5.41) is 13.2. The number of hydrogen-bond acceptors (Lipinski definition) is 8. The van der Waals surface area contributed by atoms with Crippen molar-refractivity contribution in [1.82, 2.24) is 10.2 Å².